The molecule has 6 heteroatoms. The fraction of sp³-hybridized carbons (Fsp3) is 0.0500. The number of fused-ring (bicyclic) bond motifs is 1. The molecule has 0 saturated heterocycles. The number of amides is 1. The van der Waals surface area contributed by atoms with E-state index in [1.807, 2.05) is 48.5 Å². The first-order chi connectivity index (χ1) is 12.7. The molecule has 0 bridgehead atoms. The molecule has 5 nitrogen and oxygen atoms in total. The largest absolute Gasteiger partial charge is 0.308 e. The Morgan fingerprint density at radius 1 is 1.08 bits per heavy atom. The van der Waals surface area contributed by atoms with Gasteiger partial charge < -0.3 is 5.32 Å². The molecule has 0 atom stereocenters. The molecule has 128 valence electrons. The number of benzene rings is 2. The number of rotatable bonds is 4. The molecular formula is C20H15ClN4O. The summed E-state index contributed by atoms with van der Waals surface area (Å²) >= 11 is 6.14. The Balaban J connectivity index is 1.72. The molecule has 0 fully saturated rings. The quantitative estimate of drug-likeness (QED) is 0.591. The van der Waals surface area contributed by atoms with Gasteiger partial charge >= 0.3 is 0 Å². The molecule has 0 saturated carbocycles. The number of hydrogen-bond donors (Lipinski definition) is 1. The number of aromatic nitrogens is 3. The van der Waals surface area contributed by atoms with Gasteiger partial charge in [0.05, 0.1) is 12.0 Å². The van der Waals surface area contributed by atoms with Crippen molar-refractivity contribution < 1.29 is 4.79 Å². The summed E-state index contributed by atoms with van der Waals surface area (Å²) in [5.41, 5.74) is 3.19. The van der Waals surface area contributed by atoms with Crippen molar-refractivity contribution in [3.05, 3.63) is 83.6 Å². The molecule has 2 aromatic heterocycles. The Morgan fingerprint density at radius 3 is 2.73 bits per heavy atom. The summed E-state index contributed by atoms with van der Waals surface area (Å²) in [5, 5.41) is 8.00. The number of hydrogen-bond acceptors (Lipinski definition) is 3. The van der Waals surface area contributed by atoms with E-state index in [4.69, 9.17) is 11.6 Å². The Kier molecular flexibility index (Phi) is 4.37. The number of anilines is 1. The molecule has 4 rings (SSSR count). The average Bonchev–Trinajstić information content (AvgIpc) is 3.00. The molecule has 0 aliphatic heterocycles. The third-order valence-electron chi connectivity index (χ3n) is 3.97. The van der Waals surface area contributed by atoms with Crippen LogP contribution in [0.15, 0.2) is 73.1 Å². The SMILES string of the molecule is O=C(Cc1ccccc1)Nc1nn2cccnc2c1-c1cccc(Cl)c1. The molecule has 1 N–H and O–H groups in total. The molecule has 0 aliphatic rings. The minimum absolute atomic E-state index is 0.136. The van der Waals surface area contributed by atoms with Crippen LogP contribution in [0.4, 0.5) is 5.82 Å². The molecule has 26 heavy (non-hydrogen) atoms. The Labute approximate surface area is 155 Å². The van der Waals surface area contributed by atoms with E-state index in [1.54, 1.807) is 29.0 Å². The van der Waals surface area contributed by atoms with Gasteiger partial charge in [0.1, 0.15) is 0 Å². The van der Waals surface area contributed by atoms with Crippen molar-refractivity contribution in [3.8, 4) is 11.1 Å². The van der Waals surface area contributed by atoms with E-state index < -0.39 is 0 Å². The van der Waals surface area contributed by atoms with Gasteiger partial charge in [-0.15, -0.1) is 5.10 Å². The van der Waals surface area contributed by atoms with Crippen LogP contribution in [0.25, 0.3) is 16.8 Å². The topological polar surface area (TPSA) is 59.3 Å². The number of carbonyl (C=O) groups excluding carboxylic acids is 1. The number of halogens is 1. The summed E-state index contributed by atoms with van der Waals surface area (Å²) in [5.74, 6) is 0.329. The summed E-state index contributed by atoms with van der Waals surface area (Å²) in [6.07, 6.45) is 3.76. The van der Waals surface area contributed by atoms with Gasteiger partial charge in [-0.25, -0.2) is 9.50 Å². The Hall–Kier alpha value is -3.18. The zero-order valence-electron chi connectivity index (χ0n) is 13.8. The van der Waals surface area contributed by atoms with Crippen LogP contribution in [-0.2, 0) is 11.2 Å². The highest BCUT2D eigenvalue weighted by atomic mass is 35.5. The van der Waals surface area contributed by atoms with Crippen LogP contribution in [0, 0.1) is 0 Å². The normalized spacial score (nSPS) is 10.8. The Morgan fingerprint density at radius 2 is 1.92 bits per heavy atom. The van der Waals surface area contributed by atoms with Crippen molar-refractivity contribution in [2.75, 3.05) is 5.32 Å². The van der Waals surface area contributed by atoms with Crippen molar-refractivity contribution in [2.24, 2.45) is 0 Å². The van der Waals surface area contributed by atoms with Crippen molar-refractivity contribution in [1.82, 2.24) is 14.6 Å². The van der Waals surface area contributed by atoms with Crippen molar-refractivity contribution in [1.29, 1.82) is 0 Å². The maximum absolute atomic E-state index is 12.5. The van der Waals surface area contributed by atoms with E-state index in [-0.39, 0.29) is 12.3 Å². The smallest absolute Gasteiger partial charge is 0.230 e. The highest BCUT2D eigenvalue weighted by molar-refractivity contribution is 6.30. The van der Waals surface area contributed by atoms with Gasteiger partial charge in [0.25, 0.3) is 0 Å². The fourth-order valence-corrected chi connectivity index (χ4v) is 3.03. The van der Waals surface area contributed by atoms with Gasteiger partial charge in [0.2, 0.25) is 5.91 Å². The maximum atomic E-state index is 12.5. The maximum Gasteiger partial charge on any atom is 0.230 e. The second-order valence-corrected chi connectivity index (χ2v) is 6.27. The molecular weight excluding hydrogens is 348 g/mol. The van der Waals surface area contributed by atoms with Gasteiger partial charge in [-0.05, 0) is 29.3 Å². The predicted molar refractivity (Wildman–Crippen MR) is 102 cm³/mol. The summed E-state index contributed by atoms with van der Waals surface area (Å²) in [7, 11) is 0. The molecule has 0 aliphatic carbocycles. The van der Waals surface area contributed by atoms with E-state index in [1.165, 1.54) is 0 Å². The van der Waals surface area contributed by atoms with Crippen LogP contribution in [-0.4, -0.2) is 20.5 Å². The van der Waals surface area contributed by atoms with E-state index >= 15 is 0 Å². The average molecular weight is 363 g/mol. The van der Waals surface area contributed by atoms with Crippen molar-refractivity contribution in [3.63, 3.8) is 0 Å². The van der Waals surface area contributed by atoms with Crippen LogP contribution in [0.2, 0.25) is 5.02 Å². The first kappa shape index (κ1) is 16.3. The van der Waals surface area contributed by atoms with E-state index in [0.717, 1.165) is 16.7 Å². The van der Waals surface area contributed by atoms with Crippen LogP contribution >= 0.6 is 11.6 Å². The third-order valence-corrected chi connectivity index (χ3v) is 4.21. The predicted octanol–water partition coefficient (Wildman–Crippen LogP) is 4.23. The highest BCUT2D eigenvalue weighted by Crippen LogP contribution is 2.32. The van der Waals surface area contributed by atoms with Crippen LogP contribution in [0.5, 0.6) is 0 Å². The molecule has 1 amide bonds. The molecule has 2 heterocycles. The summed E-state index contributed by atoms with van der Waals surface area (Å²) in [6, 6.07) is 18.8. The van der Waals surface area contributed by atoms with Gasteiger partial charge in [0, 0.05) is 17.4 Å². The lowest BCUT2D eigenvalue weighted by Crippen LogP contribution is -2.15. The van der Waals surface area contributed by atoms with E-state index in [2.05, 4.69) is 15.4 Å². The fourth-order valence-electron chi connectivity index (χ4n) is 2.84. The van der Waals surface area contributed by atoms with Crippen LogP contribution in [0.1, 0.15) is 5.56 Å². The molecule has 4 aromatic rings. The number of nitrogens with zero attached hydrogens (tertiary/aromatic N) is 3. The molecule has 0 unspecified atom stereocenters. The minimum Gasteiger partial charge on any atom is -0.308 e. The van der Waals surface area contributed by atoms with Crippen LogP contribution < -0.4 is 5.32 Å². The number of carbonyl (C=O) groups is 1. The zero-order valence-corrected chi connectivity index (χ0v) is 14.5. The van der Waals surface area contributed by atoms with Gasteiger partial charge in [-0.3, -0.25) is 4.79 Å². The van der Waals surface area contributed by atoms with Crippen LogP contribution in [0.3, 0.4) is 0 Å². The molecule has 0 radical (unpaired) electrons. The third kappa shape index (κ3) is 3.30. The summed E-state index contributed by atoms with van der Waals surface area (Å²) in [6.45, 7) is 0. The lowest BCUT2D eigenvalue weighted by atomic mass is 10.1. The highest BCUT2D eigenvalue weighted by Gasteiger charge is 2.18. The monoisotopic (exact) mass is 362 g/mol. The van der Waals surface area contributed by atoms with Crippen molar-refractivity contribution >= 4 is 29.0 Å². The zero-order chi connectivity index (χ0) is 17.9. The van der Waals surface area contributed by atoms with E-state index in [9.17, 15) is 4.79 Å². The summed E-state index contributed by atoms with van der Waals surface area (Å²) < 4.78 is 1.65. The van der Waals surface area contributed by atoms with Gasteiger partial charge in [-0.2, -0.15) is 0 Å². The lowest BCUT2D eigenvalue weighted by molar-refractivity contribution is -0.115. The first-order valence-electron chi connectivity index (χ1n) is 8.14. The second kappa shape index (κ2) is 6.98. The second-order valence-electron chi connectivity index (χ2n) is 5.83. The molecule has 0 spiro atoms. The molecule has 2 aromatic carbocycles. The standard InChI is InChI=1S/C20H15ClN4O/c21-16-9-4-8-15(13-16)18-19(24-25-11-5-10-22-20(18)25)23-17(26)12-14-6-2-1-3-7-14/h1-11,13H,12H2,(H,23,24,26). The summed E-state index contributed by atoms with van der Waals surface area (Å²) in [4.78, 5) is 16.9. The van der Waals surface area contributed by atoms with Gasteiger partial charge in [-0.1, -0.05) is 54.1 Å². The van der Waals surface area contributed by atoms with Crippen molar-refractivity contribution in [2.45, 2.75) is 6.42 Å². The minimum atomic E-state index is -0.136. The lowest BCUT2D eigenvalue weighted by Gasteiger charge is -2.06. The van der Waals surface area contributed by atoms with E-state index in [0.29, 0.717) is 16.5 Å². The van der Waals surface area contributed by atoms with Gasteiger partial charge in [0.15, 0.2) is 11.5 Å². The first-order valence-corrected chi connectivity index (χ1v) is 8.51. The number of nitrogens with one attached hydrogen (secondary N) is 1. The Bertz CT molecular complexity index is 1080.